The lowest BCUT2D eigenvalue weighted by Gasteiger charge is -2.12. The molecule has 3 aromatic heterocycles. The van der Waals surface area contributed by atoms with Crippen LogP contribution in [0.5, 0.6) is 0 Å². The summed E-state index contributed by atoms with van der Waals surface area (Å²) < 4.78 is 0. The molecule has 6 nitrogen and oxygen atoms in total. The topological polar surface area (TPSA) is 75.6 Å². The van der Waals surface area contributed by atoms with Crippen molar-refractivity contribution in [3.05, 3.63) is 85.2 Å². The molecule has 0 saturated carbocycles. The molecule has 0 bridgehead atoms. The average molecular weight is 392 g/mol. The van der Waals surface area contributed by atoms with Crippen LogP contribution in [0.3, 0.4) is 0 Å². The van der Waals surface area contributed by atoms with Crippen LogP contribution in [-0.4, -0.2) is 33.0 Å². The van der Waals surface area contributed by atoms with Gasteiger partial charge in [0, 0.05) is 41.8 Å². The van der Waals surface area contributed by atoms with Gasteiger partial charge in [0.2, 0.25) is 0 Å². The van der Waals surface area contributed by atoms with E-state index in [0.29, 0.717) is 18.9 Å². The molecule has 5 rings (SSSR count). The Morgan fingerprint density at radius 3 is 2.40 bits per heavy atom. The molecule has 146 valence electrons. The van der Waals surface area contributed by atoms with E-state index in [1.807, 2.05) is 60.7 Å². The zero-order chi connectivity index (χ0) is 20.2. The fraction of sp³-hybridized carbons (Fsp3) is 0.0833. The molecule has 0 aliphatic carbocycles. The Balaban J connectivity index is 1.33. The number of hydrogen-bond acceptors (Lipinski definition) is 6. The normalized spacial score (nSPS) is 10.9. The first-order chi connectivity index (χ1) is 14.9. The molecule has 0 amide bonds. The van der Waals surface area contributed by atoms with Gasteiger partial charge in [-0.15, -0.1) is 0 Å². The van der Waals surface area contributed by atoms with Crippen molar-refractivity contribution in [2.45, 2.75) is 0 Å². The smallest absolute Gasteiger partial charge is 0.163 e. The average Bonchev–Trinajstić information content (AvgIpc) is 2.82. The van der Waals surface area contributed by atoms with E-state index >= 15 is 0 Å². The van der Waals surface area contributed by atoms with Gasteiger partial charge < -0.3 is 10.6 Å². The Labute approximate surface area is 174 Å². The largest absolute Gasteiger partial charge is 0.368 e. The molecule has 0 atom stereocenters. The third-order valence-electron chi connectivity index (χ3n) is 4.84. The summed E-state index contributed by atoms with van der Waals surface area (Å²) in [5, 5.41) is 8.95. The summed E-state index contributed by atoms with van der Waals surface area (Å²) in [7, 11) is 0. The van der Waals surface area contributed by atoms with Gasteiger partial charge in [-0.1, -0.05) is 30.3 Å². The Morgan fingerprint density at radius 1 is 0.667 bits per heavy atom. The maximum Gasteiger partial charge on any atom is 0.163 e. The number of benzene rings is 2. The van der Waals surface area contributed by atoms with Gasteiger partial charge in [0.1, 0.15) is 11.6 Å². The van der Waals surface area contributed by atoms with Gasteiger partial charge in [-0.05, 0) is 42.5 Å². The molecule has 0 saturated heterocycles. The Kier molecular flexibility index (Phi) is 4.88. The van der Waals surface area contributed by atoms with Crippen LogP contribution in [-0.2, 0) is 0 Å². The van der Waals surface area contributed by atoms with Crippen molar-refractivity contribution in [1.29, 1.82) is 0 Å². The summed E-state index contributed by atoms with van der Waals surface area (Å²) in [5.74, 6) is 2.33. The molecule has 0 aliphatic rings. The second-order valence-corrected chi connectivity index (χ2v) is 6.90. The van der Waals surface area contributed by atoms with E-state index in [1.54, 1.807) is 12.4 Å². The Bertz CT molecular complexity index is 1300. The zero-order valence-electron chi connectivity index (χ0n) is 16.3. The number of nitrogens with zero attached hydrogens (tertiary/aromatic N) is 4. The van der Waals surface area contributed by atoms with Gasteiger partial charge in [0.25, 0.3) is 0 Å². The highest BCUT2D eigenvalue weighted by Gasteiger charge is 2.09. The summed E-state index contributed by atoms with van der Waals surface area (Å²) in [6.45, 7) is 1.41. The number of pyridine rings is 2. The van der Waals surface area contributed by atoms with E-state index in [4.69, 9.17) is 9.97 Å². The third kappa shape index (κ3) is 3.75. The maximum absolute atomic E-state index is 4.75. The summed E-state index contributed by atoms with van der Waals surface area (Å²) in [6.07, 6.45) is 3.52. The van der Waals surface area contributed by atoms with E-state index in [-0.39, 0.29) is 0 Å². The molecule has 30 heavy (non-hydrogen) atoms. The number of nitrogens with one attached hydrogen (secondary N) is 2. The van der Waals surface area contributed by atoms with Crippen LogP contribution in [0.4, 0.5) is 11.6 Å². The van der Waals surface area contributed by atoms with Gasteiger partial charge in [0.15, 0.2) is 5.82 Å². The predicted octanol–water partition coefficient (Wildman–Crippen LogP) is 4.76. The number of aromatic nitrogens is 4. The first-order valence-electron chi connectivity index (χ1n) is 9.87. The minimum atomic E-state index is 0.661. The molecular weight excluding hydrogens is 372 g/mol. The molecule has 3 heterocycles. The van der Waals surface area contributed by atoms with Crippen LogP contribution in [0.15, 0.2) is 85.2 Å². The molecule has 0 aliphatic heterocycles. The highest BCUT2D eigenvalue weighted by atomic mass is 15.1. The van der Waals surface area contributed by atoms with Crippen LogP contribution in [0.25, 0.3) is 33.2 Å². The maximum atomic E-state index is 4.75. The molecule has 6 heteroatoms. The molecule has 2 aromatic carbocycles. The van der Waals surface area contributed by atoms with Crippen LogP contribution >= 0.6 is 0 Å². The van der Waals surface area contributed by atoms with Gasteiger partial charge in [-0.25, -0.2) is 15.0 Å². The number of anilines is 2. The molecule has 5 aromatic rings. The van der Waals surface area contributed by atoms with E-state index in [1.165, 1.54) is 0 Å². The van der Waals surface area contributed by atoms with Crippen LogP contribution in [0.1, 0.15) is 0 Å². The molecule has 0 radical (unpaired) electrons. The first-order valence-corrected chi connectivity index (χ1v) is 9.87. The fourth-order valence-corrected chi connectivity index (χ4v) is 3.37. The summed E-state index contributed by atoms with van der Waals surface area (Å²) >= 11 is 0. The second-order valence-electron chi connectivity index (χ2n) is 6.90. The van der Waals surface area contributed by atoms with Crippen molar-refractivity contribution < 1.29 is 0 Å². The molecule has 2 N–H and O–H groups in total. The van der Waals surface area contributed by atoms with E-state index < -0.39 is 0 Å². The van der Waals surface area contributed by atoms with Crippen molar-refractivity contribution in [1.82, 2.24) is 19.9 Å². The SMILES string of the molecule is c1cncc(-c2nc(NCCNc3ccc4ccccc4n3)c3ccccc3n2)c1. The number of rotatable bonds is 6. The summed E-state index contributed by atoms with van der Waals surface area (Å²) in [4.78, 5) is 18.3. The van der Waals surface area contributed by atoms with E-state index in [2.05, 4.69) is 32.7 Å². The van der Waals surface area contributed by atoms with Crippen molar-refractivity contribution in [3.8, 4) is 11.4 Å². The highest BCUT2D eigenvalue weighted by Crippen LogP contribution is 2.24. The monoisotopic (exact) mass is 392 g/mol. The van der Waals surface area contributed by atoms with Crippen LogP contribution in [0, 0.1) is 0 Å². The summed E-state index contributed by atoms with van der Waals surface area (Å²) in [5.41, 5.74) is 2.78. The lowest BCUT2D eigenvalue weighted by atomic mass is 10.2. The van der Waals surface area contributed by atoms with Crippen LogP contribution < -0.4 is 10.6 Å². The molecular formula is C24H20N6. The summed E-state index contributed by atoms with van der Waals surface area (Å²) in [6, 6.07) is 24.1. The van der Waals surface area contributed by atoms with Crippen molar-refractivity contribution in [2.24, 2.45) is 0 Å². The molecule has 0 fully saturated rings. The number of fused-ring (bicyclic) bond motifs is 2. The predicted molar refractivity (Wildman–Crippen MR) is 121 cm³/mol. The quantitative estimate of drug-likeness (QED) is 0.406. The number of para-hydroxylation sites is 2. The van der Waals surface area contributed by atoms with Gasteiger partial charge in [-0.3, -0.25) is 4.98 Å². The Morgan fingerprint density at radius 2 is 1.50 bits per heavy atom. The van der Waals surface area contributed by atoms with Crippen molar-refractivity contribution in [3.63, 3.8) is 0 Å². The fourth-order valence-electron chi connectivity index (χ4n) is 3.37. The van der Waals surface area contributed by atoms with Gasteiger partial charge >= 0.3 is 0 Å². The lowest BCUT2D eigenvalue weighted by Crippen LogP contribution is -2.15. The lowest BCUT2D eigenvalue weighted by molar-refractivity contribution is 1.05. The molecule has 0 spiro atoms. The Hall–Kier alpha value is -4.06. The number of hydrogen-bond donors (Lipinski definition) is 2. The molecule has 0 unspecified atom stereocenters. The van der Waals surface area contributed by atoms with E-state index in [0.717, 1.165) is 39.0 Å². The van der Waals surface area contributed by atoms with Crippen LogP contribution in [0.2, 0.25) is 0 Å². The van der Waals surface area contributed by atoms with Crippen molar-refractivity contribution >= 4 is 33.4 Å². The van der Waals surface area contributed by atoms with E-state index in [9.17, 15) is 0 Å². The second kappa shape index (κ2) is 8.13. The third-order valence-corrected chi connectivity index (χ3v) is 4.84. The minimum absolute atomic E-state index is 0.661. The highest BCUT2D eigenvalue weighted by molar-refractivity contribution is 5.90. The zero-order valence-corrected chi connectivity index (χ0v) is 16.3. The standard InChI is InChI=1S/C24H20N6/c1-3-9-20-17(6-1)11-12-22(28-20)26-14-15-27-24-19-8-2-4-10-21(19)29-23(30-24)18-7-5-13-25-16-18/h1-13,16H,14-15H2,(H,26,28)(H,27,29,30). The van der Waals surface area contributed by atoms with Crippen molar-refractivity contribution in [2.75, 3.05) is 23.7 Å². The van der Waals surface area contributed by atoms with Gasteiger partial charge in [-0.2, -0.15) is 0 Å². The minimum Gasteiger partial charge on any atom is -0.368 e. The van der Waals surface area contributed by atoms with Gasteiger partial charge in [0.05, 0.1) is 11.0 Å². The first kappa shape index (κ1) is 18.0.